The number of rotatable bonds is 7. The van der Waals surface area contributed by atoms with Crippen LogP contribution in [0.15, 0.2) is 12.1 Å². The molecule has 1 aliphatic heterocycles. The summed E-state index contributed by atoms with van der Waals surface area (Å²) in [7, 11) is 2.20. The number of likely N-dealkylation sites (tertiary alicyclic amines) is 1. The third-order valence-corrected chi connectivity index (χ3v) is 7.05. The number of amides is 1. The molecule has 0 aliphatic carbocycles. The summed E-state index contributed by atoms with van der Waals surface area (Å²) in [4.78, 5) is 32.0. The van der Waals surface area contributed by atoms with Gasteiger partial charge >= 0.3 is 16.2 Å². The van der Waals surface area contributed by atoms with Gasteiger partial charge < -0.3 is 14.2 Å². The zero-order valence-electron chi connectivity index (χ0n) is 19.4. The van der Waals surface area contributed by atoms with Gasteiger partial charge in [-0.25, -0.2) is 9.78 Å². The molecule has 3 rings (SSSR count). The lowest BCUT2D eigenvalue weighted by Crippen LogP contribution is -2.41. The van der Waals surface area contributed by atoms with E-state index in [0.29, 0.717) is 48.3 Å². The van der Waals surface area contributed by atoms with Gasteiger partial charge in [0.25, 0.3) is 5.91 Å². The van der Waals surface area contributed by atoms with Gasteiger partial charge in [-0.1, -0.05) is 13.8 Å². The number of ether oxygens (including phenoxy) is 1. The fourth-order valence-electron chi connectivity index (χ4n) is 3.96. The van der Waals surface area contributed by atoms with E-state index in [9.17, 15) is 18.0 Å². The first-order chi connectivity index (χ1) is 15.0. The zero-order chi connectivity index (χ0) is 23.8. The van der Waals surface area contributed by atoms with E-state index >= 15 is 0 Å². The van der Waals surface area contributed by atoms with Gasteiger partial charge in [-0.3, -0.25) is 9.52 Å². The maximum atomic E-state index is 13.6. The SMILES string of the molecule is COC(=O)[C@@H]1CCCN1C(=O)c1cc(NS(=O)(=O)N(C)C)cc2nc(CC(C)C)n(C)c12. The molecule has 1 amide bonds. The molecule has 0 unspecified atom stereocenters. The molecule has 32 heavy (non-hydrogen) atoms. The number of esters is 1. The van der Waals surface area contributed by atoms with Crippen molar-refractivity contribution in [1.82, 2.24) is 18.8 Å². The molecular formula is C21H31N5O5S. The predicted molar refractivity (Wildman–Crippen MR) is 122 cm³/mol. The van der Waals surface area contributed by atoms with E-state index in [1.807, 2.05) is 11.6 Å². The number of aryl methyl sites for hydroxylation is 1. The minimum Gasteiger partial charge on any atom is -0.467 e. The highest BCUT2D eigenvalue weighted by molar-refractivity contribution is 7.90. The van der Waals surface area contributed by atoms with Crippen LogP contribution in [0.2, 0.25) is 0 Å². The van der Waals surface area contributed by atoms with Gasteiger partial charge in [0.2, 0.25) is 0 Å². The quantitative estimate of drug-likeness (QED) is 0.624. The fourth-order valence-corrected chi connectivity index (χ4v) is 4.55. The van der Waals surface area contributed by atoms with Crippen molar-refractivity contribution < 1.29 is 22.7 Å². The van der Waals surface area contributed by atoms with Crippen molar-refractivity contribution in [3.05, 3.63) is 23.5 Å². The Kier molecular flexibility index (Phi) is 6.80. The molecule has 0 spiro atoms. The molecule has 1 aliphatic rings. The van der Waals surface area contributed by atoms with Crippen LogP contribution in [0.5, 0.6) is 0 Å². The summed E-state index contributed by atoms with van der Waals surface area (Å²) in [5, 5.41) is 0. The second kappa shape index (κ2) is 9.07. The van der Waals surface area contributed by atoms with Gasteiger partial charge in [0, 0.05) is 34.1 Å². The topological polar surface area (TPSA) is 114 Å². The van der Waals surface area contributed by atoms with Crippen molar-refractivity contribution in [3.63, 3.8) is 0 Å². The van der Waals surface area contributed by atoms with E-state index < -0.39 is 22.2 Å². The normalized spacial score (nSPS) is 16.9. The summed E-state index contributed by atoms with van der Waals surface area (Å²) >= 11 is 0. The van der Waals surface area contributed by atoms with Crippen LogP contribution in [0, 0.1) is 5.92 Å². The van der Waals surface area contributed by atoms with Crippen LogP contribution >= 0.6 is 0 Å². The van der Waals surface area contributed by atoms with Gasteiger partial charge in [0.05, 0.1) is 29.4 Å². The number of carbonyl (C=O) groups is 2. The van der Waals surface area contributed by atoms with Gasteiger partial charge in [-0.2, -0.15) is 12.7 Å². The minimum atomic E-state index is -3.78. The van der Waals surface area contributed by atoms with E-state index in [1.54, 1.807) is 6.07 Å². The molecule has 1 aromatic heterocycles. The fraction of sp³-hybridized carbons (Fsp3) is 0.571. The Morgan fingerprint density at radius 1 is 1.31 bits per heavy atom. The lowest BCUT2D eigenvalue weighted by molar-refractivity contribution is -0.145. The third-order valence-electron chi connectivity index (χ3n) is 5.60. The second-order valence-electron chi connectivity index (χ2n) is 8.65. The Morgan fingerprint density at radius 3 is 2.59 bits per heavy atom. The first kappa shape index (κ1) is 24.0. The average molecular weight is 466 g/mol. The molecule has 176 valence electrons. The predicted octanol–water partition coefficient (Wildman–Crippen LogP) is 1.77. The van der Waals surface area contributed by atoms with Crippen LogP contribution in [-0.4, -0.2) is 72.8 Å². The van der Waals surface area contributed by atoms with Gasteiger partial charge in [0.15, 0.2) is 0 Å². The van der Waals surface area contributed by atoms with Crippen LogP contribution in [0.4, 0.5) is 5.69 Å². The van der Waals surface area contributed by atoms with Crippen molar-refractivity contribution in [3.8, 4) is 0 Å². The number of aromatic nitrogens is 2. The molecule has 0 radical (unpaired) electrons. The zero-order valence-corrected chi connectivity index (χ0v) is 20.2. The van der Waals surface area contributed by atoms with Crippen LogP contribution in [0.25, 0.3) is 11.0 Å². The lowest BCUT2D eigenvalue weighted by Gasteiger charge is -2.23. The highest BCUT2D eigenvalue weighted by Crippen LogP contribution is 2.30. The number of hydrogen-bond donors (Lipinski definition) is 1. The Balaban J connectivity index is 2.16. The van der Waals surface area contributed by atoms with Crippen molar-refractivity contribution >= 4 is 38.8 Å². The summed E-state index contributed by atoms with van der Waals surface area (Å²) < 4.78 is 35.1. The van der Waals surface area contributed by atoms with Gasteiger partial charge in [0.1, 0.15) is 11.9 Å². The molecule has 1 N–H and O–H groups in total. The molecular weight excluding hydrogens is 434 g/mol. The molecule has 1 saturated heterocycles. The Labute approximate surface area is 188 Å². The Bertz CT molecular complexity index is 1140. The van der Waals surface area contributed by atoms with E-state index in [-0.39, 0.29) is 11.6 Å². The number of imidazole rings is 1. The number of carbonyl (C=O) groups excluding carboxylic acids is 2. The largest absolute Gasteiger partial charge is 0.467 e. The maximum absolute atomic E-state index is 13.6. The van der Waals surface area contributed by atoms with E-state index in [0.717, 1.165) is 10.1 Å². The first-order valence-electron chi connectivity index (χ1n) is 10.5. The van der Waals surface area contributed by atoms with Crippen LogP contribution in [0.3, 0.4) is 0 Å². The van der Waals surface area contributed by atoms with E-state index in [1.165, 1.54) is 32.2 Å². The smallest absolute Gasteiger partial charge is 0.328 e. The molecule has 10 nitrogen and oxygen atoms in total. The highest BCUT2D eigenvalue weighted by atomic mass is 32.2. The number of benzene rings is 1. The van der Waals surface area contributed by atoms with Crippen LogP contribution in [-0.2, 0) is 33.2 Å². The average Bonchev–Trinajstić information content (AvgIpc) is 3.31. The number of fused-ring (bicyclic) bond motifs is 1. The van der Waals surface area contributed by atoms with Gasteiger partial charge in [-0.05, 0) is 30.9 Å². The number of anilines is 1. The molecule has 1 aromatic carbocycles. The first-order valence-corrected chi connectivity index (χ1v) is 12.0. The molecule has 1 atom stereocenters. The number of nitrogens with zero attached hydrogens (tertiary/aromatic N) is 4. The minimum absolute atomic E-state index is 0.234. The van der Waals surface area contributed by atoms with Crippen LogP contribution < -0.4 is 4.72 Å². The molecule has 1 fully saturated rings. The highest BCUT2D eigenvalue weighted by Gasteiger charge is 2.36. The van der Waals surface area contributed by atoms with Crippen molar-refractivity contribution in [1.29, 1.82) is 0 Å². The van der Waals surface area contributed by atoms with Crippen LogP contribution in [0.1, 0.15) is 42.9 Å². The number of nitrogens with one attached hydrogen (secondary N) is 1. The van der Waals surface area contributed by atoms with E-state index in [4.69, 9.17) is 4.74 Å². The Morgan fingerprint density at radius 2 is 2.00 bits per heavy atom. The summed E-state index contributed by atoms with van der Waals surface area (Å²) in [6.45, 7) is 4.57. The molecule has 2 aromatic rings. The van der Waals surface area contributed by atoms with Crippen molar-refractivity contribution in [2.24, 2.45) is 13.0 Å². The molecule has 0 saturated carbocycles. The summed E-state index contributed by atoms with van der Waals surface area (Å²) in [6.07, 6.45) is 1.91. The van der Waals surface area contributed by atoms with Gasteiger partial charge in [-0.15, -0.1) is 0 Å². The number of methoxy groups -OCH3 is 1. The molecule has 11 heteroatoms. The second-order valence-corrected chi connectivity index (χ2v) is 10.5. The summed E-state index contributed by atoms with van der Waals surface area (Å²) in [5.74, 6) is 0.330. The standard InChI is InChI=1S/C21H31N5O5S/c1-13(2)10-18-22-16-12-14(23-32(29,30)24(3)4)11-15(19(16)25(18)5)20(27)26-9-7-8-17(26)21(28)31-6/h11-13,17,23H,7-10H2,1-6H3/t17-/m0/s1. The maximum Gasteiger partial charge on any atom is 0.328 e. The summed E-state index contributed by atoms with van der Waals surface area (Å²) in [6, 6.07) is 2.48. The monoisotopic (exact) mass is 465 g/mol. The third kappa shape index (κ3) is 4.58. The Hall–Kier alpha value is -2.66. The molecule has 2 heterocycles. The lowest BCUT2D eigenvalue weighted by atomic mass is 10.1. The number of hydrogen-bond acceptors (Lipinski definition) is 6. The van der Waals surface area contributed by atoms with E-state index in [2.05, 4.69) is 23.6 Å². The van der Waals surface area contributed by atoms with Crippen molar-refractivity contribution in [2.45, 2.75) is 39.2 Å². The molecule has 0 bridgehead atoms. The van der Waals surface area contributed by atoms with Crippen molar-refractivity contribution in [2.75, 3.05) is 32.5 Å². The summed E-state index contributed by atoms with van der Waals surface area (Å²) in [5.41, 5.74) is 1.64.